The van der Waals surface area contributed by atoms with Crippen molar-refractivity contribution >= 4 is 40.6 Å². The van der Waals surface area contributed by atoms with Gasteiger partial charge < -0.3 is 35.3 Å². The molecule has 2 unspecified atom stereocenters. The van der Waals surface area contributed by atoms with Gasteiger partial charge in [-0.05, 0) is 75.5 Å². The van der Waals surface area contributed by atoms with Crippen LogP contribution in [0.4, 0.5) is 0 Å². The van der Waals surface area contributed by atoms with Crippen molar-refractivity contribution in [2.24, 2.45) is 5.92 Å². The Bertz CT molecular complexity index is 1150. The van der Waals surface area contributed by atoms with E-state index < -0.39 is 23.6 Å². The van der Waals surface area contributed by atoms with E-state index in [2.05, 4.69) is 5.32 Å². The highest BCUT2D eigenvalue weighted by atomic mass is 32.1. The quantitative estimate of drug-likeness (QED) is 0.145. The molecule has 11 heteroatoms. The maximum Gasteiger partial charge on any atom is 0.328 e. The summed E-state index contributed by atoms with van der Waals surface area (Å²) >= 11 is 3.15. The number of hydrogen-bond donors (Lipinski definition) is 4. The molecule has 0 spiro atoms. The predicted molar refractivity (Wildman–Crippen MR) is 146 cm³/mol. The predicted octanol–water partition coefficient (Wildman–Crippen LogP) is 2.06. The van der Waals surface area contributed by atoms with Crippen molar-refractivity contribution in [3.8, 4) is 5.75 Å². The number of rotatable bonds is 12. The maximum atomic E-state index is 11.7. The van der Waals surface area contributed by atoms with Gasteiger partial charge in [-0.3, -0.25) is 4.79 Å². The number of benzene rings is 1. The van der Waals surface area contributed by atoms with Gasteiger partial charge in [-0.25, -0.2) is 4.79 Å². The van der Waals surface area contributed by atoms with Crippen LogP contribution in [0.3, 0.4) is 0 Å². The molecule has 1 aromatic carbocycles. The number of carboxylic acid groups (broad SMARTS) is 2. The molecule has 9 nitrogen and oxygen atoms in total. The second-order valence-corrected chi connectivity index (χ2v) is 10.7. The summed E-state index contributed by atoms with van der Waals surface area (Å²) in [5, 5.41) is 49.4. The summed E-state index contributed by atoms with van der Waals surface area (Å²) in [5.74, 6) is -2.80. The second kappa shape index (κ2) is 15.3. The van der Waals surface area contributed by atoms with E-state index in [1.165, 1.54) is 0 Å². The summed E-state index contributed by atoms with van der Waals surface area (Å²) in [4.78, 5) is 30.7. The first kappa shape index (κ1) is 31.9. The number of carbonyl (C=O) groups excluding carboxylic acids is 2. The standard InChI is InChI=1S/C24H29NO4S2.C4H4O4/c1-16(2)23(27)29-21-6-4-18(5-7-21)22(26)17(3)25-11-10-24(28,19-8-12-30-14-19)20-9-13-31-15-20;5-3(6)1-2-4(7)8/h4-9,12-17,22,25-26,28H,10-11H2,1-3H3;1-2H,(H,5,6)(H,7,8)/b;2-1+. The summed E-state index contributed by atoms with van der Waals surface area (Å²) in [6.07, 6.45) is 0.810. The molecular formula is C28H33NO8S2. The van der Waals surface area contributed by atoms with Crippen molar-refractivity contribution in [2.75, 3.05) is 6.54 Å². The Morgan fingerprint density at radius 3 is 1.97 bits per heavy atom. The summed E-state index contributed by atoms with van der Waals surface area (Å²) in [5.41, 5.74) is 1.55. The van der Waals surface area contributed by atoms with E-state index in [4.69, 9.17) is 9.84 Å². The number of carbonyl (C=O) groups is 3. The van der Waals surface area contributed by atoms with Crippen LogP contribution >= 0.6 is 22.7 Å². The molecule has 210 valence electrons. The maximum absolute atomic E-state index is 11.7. The molecule has 0 saturated carbocycles. The van der Waals surface area contributed by atoms with Gasteiger partial charge in [0.25, 0.3) is 0 Å². The van der Waals surface area contributed by atoms with Crippen LogP contribution in [0.25, 0.3) is 0 Å². The Balaban J connectivity index is 0.000000580. The van der Waals surface area contributed by atoms with E-state index in [1.54, 1.807) is 60.8 Å². The van der Waals surface area contributed by atoms with Crippen molar-refractivity contribution in [3.63, 3.8) is 0 Å². The lowest BCUT2D eigenvalue weighted by Gasteiger charge is -2.27. The molecule has 0 aliphatic carbocycles. The fourth-order valence-corrected chi connectivity index (χ4v) is 5.00. The Hall–Kier alpha value is -3.35. The summed E-state index contributed by atoms with van der Waals surface area (Å²) in [6, 6.07) is 10.8. The van der Waals surface area contributed by atoms with Gasteiger partial charge in [-0.1, -0.05) is 26.0 Å². The number of hydrogen-bond acceptors (Lipinski definition) is 9. The molecule has 0 amide bonds. The van der Waals surface area contributed by atoms with Crippen molar-refractivity contribution in [2.45, 2.75) is 44.9 Å². The van der Waals surface area contributed by atoms with Gasteiger partial charge in [0, 0.05) is 12.5 Å². The number of esters is 1. The minimum atomic E-state index is -1.51. The molecule has 0 saturated heterocycles. The topological polar surface area (TPSA) is 161 Å². The average Bonchev–Trinajstić information content (AvgIpc) is 3.63. The third-order valence-electron chi connectivity index (χ3n) is 5.81. The fraction of sp³-hybridized carbons (Fsp3) is 0.321. The lowest BCUT2D eigenvalue weighted by molar-refractivity contribution is -0.696. The summed E-state index contributed by atoms with van der Waals surface area (Å²) in [6.45, 7) is 6.20. The number of aliphatic carboxylic acids is 2. The number of aliphatic hydroxyl groups is 2. The van der Waals surface area contributed by atoms with E-state index in [0.29, 0.717) is 30.9 Å². The molecule has 0 aliphatic rings. The van der Waals surface area contributed by atoms with Crippen LogP contribution < -0.4 is 15.2 Å². The molecule has 5 N–H and O–H groups in total. The first-order chi connectivity index (χ1) is 18.4. The highest BCUT2D eigenvalue weighted by molar-refractivity contribution is 7.08. The second-order valence-electron chi connectivity index (χ2n) is 9.10. The molecule has 2 aromatic heterocycles. The minimum Gasteiger partial charge on any atom is -0.545 e. The van der Waals surface area contributed by atoms with Crippen molar-refractivity contribution in [3.05, 3.63) is 86.8 Å². The van der Waals surface area contributed by atoms with Gasteiger partial charge in [0.15, 0.2) is 0 Å². The fourth-order valence-electron chi connectivity index (χ4n) is 3.55. The first-order valence-electron chi connectivity index (χ1n) is 12.2. The van der Waals surface area contributed by atoms with E-state index in [-0.39, 0.29) is 17.9 Å². The van der Waals surface area contributed by atoms with Crippen LogP contribution in [0.1, 0.15) is 50.0 Å². The van der Waals surface area contributed by atoms with Crippen LogP contribution in [0, 0.1) is 5.92 Å². The zero-order valence-corrected chi connectivity index (χ0v) is 23.5. The lowest BCUT2D eigenvalue weighted by atomic mass is 9.86. The number of nitrogens with two attached hydrogens (primary N) is 1. The van der Waals surface area contributed by atoms with Gasteiger partial charge in [0.2, 0.25) is 0 Å². The highest BCUT2D eigenvalue weighted by Gasteiger charge is 2.33. The Kier molecular flexibility index (Phi) is 12.5. The number of thiophene rings is 2. The number of ether oxygens (including phenoxy) is 1. The zero-order chi connectivity index (χ0) is 29.0. The summed E-state index contributed by atoms with van der Waals surface area (Å²) < 4.78 is 5.29. The van der Waals surface area contributed by atoms with Crippen LogP contribution in [-0.2, 0) is 20.0 Å². The van der Waals surface area contributed by atoms with Gasteiger partial charge in [0.05, 0.1) is 18.4 Å². The molecule has 0 radical (unpaired) electrons. The van der Waals surface area contributed by atoms with Crippen LogP contribution in [-0.4, -0.2) is 45.8 Å². The van der Waals surface area contributed by atoms with E-state index >= 15 is 0 Å². The lowest BCUT2D eigenvalue weighted by Crippen LogP contribution is -2.90. The highest BCUT2D eigenvalue weighted by Crippen LogP contribution is 2.35. The minimum absolute atomic E-state index is 0.0988. The molecule has 3 aromatic rings. The third kappa shape index (κ3) is 10.0. The first-order valence-corrected chi connectivity index (χ1v) is 14.0. The molecule has 2 atom stereocenters. The zero-order valence-electron chi connectivity index (χ0n) is 21.9. The Morgan fingerprint density at radius 2 is 1.56 bits per heavy atom. The van der Waals surface area contributed by atoms with Crippen molar-refractivity contribution in [1.29, 1.82) is 0 Å². The summed E-state index contributed by atoms with van der Waals surface area (Å²) in [7, 11) is 0. The number of aliphatic hydroxyl groups excluding tert-OH is 1. The van der Waals surface area contributed by atoms with E-state index in [1.807, 2.05) is 40.6 Å². The molecule has 0 fully saturated rings. The van der Waals surface area contributed by atoms with Gasteiger partial charge in [0.1, 0.15) is 23.5 Å². The largest absolute Gasteiger partial charge is 0.545 e. The van der Waals surface area contributed by atoms with Gasteiger partial charge in [-0.2, -0.15) is 22.7 Å². The van der Waals surface area contributed by atoms with Gasteiger partial charge in [-0.15, -0.1) is 0 Å². The van der Waals surface area contributed by atoms with Crippen molar-refractivity contribution in [1.82, 2.24) is 0 Å². The van der Waals surface area contributed by atoms with Crippen LogP contribution in [0.5, 0.6) is 5.75 Å². The Labute approximate surface area is 235 Å². The van der Waals surface area contributed by atoms with Crippen LogP contribution in [0.15, 0.2) is 70.1 Å². The van der Waals surface area contributed by atoms with E-state index in [9.17, 15) is 29.7 Å². The SMILES string of the molecule is CC(C)C(=O)Oc1ccc(C(O)C(C)[NH2+]CCC(O)(c2ccsc2)c2ccsc2)cc1.O=C([O-])/C=C/C(=O)O. The molecular weight excluding hydrogens is 542 g/mol. The van der Waals surface area contributed by atoms with Crippen LogP contribution in [0.2, 0.25) is 0 Å². The molecule has 3 rings (SSSR count). The average molecular weight is 576 g/mol. The molecule has 2 heterocycles. The molecule has 39 heavy (non-hydrogen) atoms. The normalized spacial score (nSPS) is 13.0. The van der Waals surface area contributed by atoms with E-state index in [0.717, 1.165) is 16.7 Å². The monoisotopic (exact) mass is 575 g/mol. The number of carboxylic acids is 2. The smallest absolute Gasteiger partial charge is 0.328 e. The third-order valence-corrected chi connectivity index (χ3v) is 7.18. The number of quaternary nitrogens is 1. The molecule has 0 bridgehead atoms. The van der Waals surface area contributed by atoms with Gasteiger partial charge >= 0.3 is 11.9 Å². The molecule has 0 aliphatic heterocycles. The Morgan fingerprint density at radius 1 is 1.00 bits per heavy atom. The van der Waals surface area contributed by atoms with Crippen molar-refractivity contribution < 1.29 is 44.9 Å².